The highest BCUT2D eigenvalue weighted by molar-refractivity contribution is 7.92. The molecule has 0 aliphatic carbocycles. The highest BCUT2D eigenvalue weighted by Crippen LogP contribution is 2.25. The molecule has 1 amide bonds. The molecule has 0 heterocycles. The van der Waals surface area contributed by atoms with Gasteiger partial charge in [-0.2, -0.15) is 0 Å². The third-order valence-electron chi connectivity index (χ3n) is 4.64. The predicted octanol–water partition coefficient (Wildman–Crippen LogP) is 3.59. The maximum absolute atomic E-state index is 13.2. The van der Waals surface area contributed by atoms with Gasteiger partial charge in [-0.3, -0.25) is 9.10 Å². The summed E-state index contributed by atoms with van der Waals surface area (Å²) in [6, 6.07) is 13.9. The van der Waals surface area contributed by atoms with Crippen LogP contribution in [-0.4, -0.2) is 41.1 Å². The molecule has 0 bridgehead atoms. The largest absolute Gasteiger partial charge is 0.497 e. The van der Waals surface area contributed by atoms with Gasteiger partial charge >= 0.3 is 5.97 Å². The Morgan fingerprint density at radius 1 is 0.971 bits per heavy atom. The second-order valence-electron chi connectivity index (χ2n) is 6.98. The Morgan fingerprint density at radius 3 is 2.24 bits per heavy atom. The highest BCUT2D eigenvalue weighted by Gasteiger charge is 2.23. The number of carbonyl (C=O) groups is 2. The number of amides is 1. The Kier molecular flexibility index (Phi) is 7.47. The number of anilines is 2. The zero-order chi connectivity index (χ0) is 24.9. The molecule has 0 saturated heterocycles. The first-order valence-corrected chi connectivity index (χ1v) is 11.2. The van der Waals surface area contributed by atoms with E-state index < -0.39 is 40.1 Å². The van der Waals surface area contributed by atoms with Crippen LogP contribution in [0.25, 0.3) is 0 Å². The summed E-state index contributed by atoms with van der Waals surface area (Å²) in [6.45, 7) is -0.750. The fourth-order valence-electron chi connectivity index (χ4n) is 2.91. The fourth-order valence-corrected chi connectivity index (χ4v) is 4.15. The van der Waals surface area contributed by atoms with E-state index in [1.165, 1.54) is 32.4 Å². The number of hydrogen-bond acceptors (Lipinski definition) is 6. The molecule has 0 unspecified atom stereocenters. The quantitative estimate of drug-likeness (QED) is 0.484. The van der Waals surface area contributed by atoms with Crippen molar-refractivity contribution in [3.63, 3.8) is 0 Å². The summed E-state index contributed by atoms with van der Waals surface area (Å²) in [7, 11) is -1.16. The van der Waals surface area contributed by atoms with Gasteiger partial charge in [-0.1, -0.05) is 6.07 Å². The van der Waals surface area contributed by atoms with Gasteiger partial charge in [-0.15, -0.1) is 0 Å². The molecular weight excluding hydrogens is 470 g/mol. The minimum absolute atomic E-state index is 0.103. The van der Waals surface area contributed by atoms with Crippen LogP contribution in [0.2, 0.25) is 0 Å². The van der Waals surface area contributed by atoms with Crippen LogP contribution in [0.1, 0.15) is 10.4 Å². The average Bonchev–Trinajstić information content (AvgIpc) is 2.81. The molecule has 0 atom stereocenters. The van der Waals surface area contributed by atoms with Crippen molar-refractivity contribution >= 4 is 33.3 Å². The molecule has 178 valence electrons. The van der Waals surface area contributed by atoms with Crippen molar-refractivity contribution in [2.75, 3.05) is 30.4 Å². The minimum atomic E-state index is -4.01. The van der Waals surface area contributed by atoms with E-state index in [0.717, 1.165) is 22.5 Å². The molecule has 0 spiro atoms. The molecule has 0 aromatic heterocycles. The highest BCUT2D eigenvalue weighted by atomic mass is 32.2. The average molecular weight is 490 g/mol. The number of sulfonamides is 1. The lowest BCUT2D eigenvalue weighted by atomic mass is 10.2. The smallest absolute Gasteiger partial charge is 0.338 e. The van der Waals surface area contributed by atoms with Crippen molar-refractivity contribution < 1.29 is 36.3 Å². The van der Waals surface area contributed by atoms with Gasteiger partial charge in [0.25, 0.3) is 15.9 Å². The Labute approximate surface area is 194 Å². The van der Waals surface area contributed by atoms with Crippen LogP contribution in [0.15, 0.2) is 71.6 Å². The molecule has 3 aromatic carbocycles. The van der Waals surface area contributed by atoms with E-state index in [1.807, 2.05) is 0 Å². The number of rotatable bonds is 8. The molecule has 0 saturated carbocycles. The van der Waals surface area contributed by atoms with Gasteiger partial charge in [0.2, 0.25) is 0 Å². The van der Waals surface area contributed by atoms with Crippen molar-refractivity contribution in [1.29, 1.82) is 0 Å². The van der Waals surface area contributed by atoms with Crippen molar-refractivity contribution in [2.24, 2.45) is 0 Å². The van der Waals surface area contributed by atoms with Crippen molar-refractivity contribution in [2.45, 2.75) is 4.90 Å². The zero-order valence-electron chi connectivity index (χ0n) is 18.1. The van der Waals surface area contributed by atoms with Crippen LogP contribution in [-0.2, 0) is 19.6 Å². The summed E-state index contributed by atoms with van der Waals surface area (Å²) in [6.07, 6.45) is 0. The minimum Gasteiger partial charge on any atom is -0.497 e. The number of ether oxygens (including phenoxy) is 2. The summed E-state index contributed by atoms with van der Waals surface area (Å²) in [4.78, 5) is 24.1. The van der Waals surface area contributed by atoms with Gasteiger partial charge in [-0.05, 0) is 54.6 Å². The third kappa shape index (κ3) is 5.87. The normalized spacial score (nSPS) is 10.9. The first kappa shape index (κ1) is 24.6. The summed E-state index contributed by atoms with van der Waals surface area (Å²) < 4.78 is 63.4. The Morgan fingerprint density at radius 2 is 1.62 bits per heavy atom. The number of hydrogen-bond donors (Lipinski definition) is 1. The van der Waals surface area contributed by atoms with Crippen molar-refractivity contribution in [3.8, 4) is 5.75 Å². The first-order chi connectivity index (χ1) is 16.1. The topological polar surface area (TPSA) is 102 Å². The Bertz CT molecular complexity index is 1290. The molecule has 11 heteroatoms. The predicted molar refractivity (Wildman–Crippen MR) is 120 cm³/mol. The monoisotopic (exact) mass is 490 g/mol. The van der Waals surface area contributed by atoms with E-state index in [0.29, 0.717) is 17.5 Å². The Hall–Kier alpha value is -3.99. The molecule has 34 heavy (non-hydrogen) atoms. The van der Waals surface area contributed by atoms with Gasteiger partial charge in [0.15, 0.2) is 6.61 Å². The summed E-state index contributed by atoms with van der Waals surface area (Å²) in [5, 5.41) is 2.20. The number of nitrogens with zero attached hydrogens (tertiary/aromatic N) is 1. The maximum atomic E-state index is 13.2. The van der Waals surface area contributed by atoms with E-state index in [2.05, 4.69) is 5.32 Å². The summed E-state index contributed by atoms with van der Waals surface area (Å²) in [5.74, 6) is -2.99. The van der Waals surface area contributed by atoms with Crippen molar-refractivity contribution in [3.05, 3.63) is 83.9 Å². The van der Waals surface area contributed by atoms with E-state index in [9.17, 15) is 26.8 Å². The standard InChI is InChI=1S/C23H20F2N2O6S/c1-27(19-6-8-20(32-2)9-7-19)34(30,31)21-5-3-4-15(10-21)23(29)33-14-22(28)26-18-12-16(24)11-17(25)13-18/h3-13H,14H2,1-2H3,(H,26,28). The lowest BCUT2D eigenvalue weighted by molar-refractivity contribution is -0.119. The molecule has 0 aliphatic rings. The van der Waals surface area contributed by atoms with E-state index >= 15 is 0 Å². The van der Waals surface area contributed by atoms with Crippen molar-refractivity contribution in [1.82, 2.24) is 0 Å². The van der Waals surface area contributed by atoms with Gasteiger partial charge < -0.3 is 14.8 Å². The number of benzene rings is 3. The fraction of sp³-hybridized carbons (Fsp3) is 0.130. The van der Waals surface area contributed by atoms with Crippen LogP contribution in [0.5, 0.6) is 5.75 Å². The lowest BCUT2D eigenvalue weighted by Crippen LogP contribution is -2.27. The van der Waals surface area contributed by atoms with E-state index in [4.69, 9.17) is 9.47 Å². The molecule has 0 radical (unpaired) electrons. The second kappa shape index (κ2) is 10.3. The molecular formula is C23H20F2N2O6S. The van der Waals surface area contributed by atoms with Crippen LogP contribution < -0.4 is 14.4 Å². The molecule has 0 aliphatic heterocycles. The maximum Gasteiger partial charge on any atom is 0.338 e. The van der Waals surface area contributed by atoms with Gasteiger partial charge in [-0.25, -0.2) is 22.0 Å². The summed E-state index contributed by atoms with van der Waals surface area (Å²) >= 11 is 0. The first-order valence-electron chi connectivity index (χ1n) is 9.76. The number of nitrogens with one attached hydrogen (secondary N) is 1. The summed E-state index contributed by atoms with van der Waals surface area (Å²) in [5.41, 5.74) is 0.126. The lowest BCUT2D eigenvalue weighted by Gasteiger charge is -2.20. The van der Waals surface area contributed by atoms with Gasteiger partial charge in [0, 0.05) is 18.8 Å². The second-order valence-corrected chi connectivity index (χ2v) is 8.95. The molecule has 0 fully saturated rings. The SMILES string of the molecule is COc1ccc(N(C)S(=O)(=O)c2cccc(C(=O)OCC(=O)Nc3cc(F)cc(F)c3)c2)cc1. The third-order valence-corrected chi connectivity index (χ3v) is 6.43. The number of carbonyl (C=O) groups excluding carboxylic acids is 2. The Balaban J connectivity index is 1.68. The number of esters is 1. The molecule has 1 N–H and O–H groups in total. The van der Waals surface area contributed by atoms with Crippen LogP contribution in [0.4, 0.5) is 20.2 Å². The zero-order valence-corrected chi connectivity index (χ0v) is 18.9. The molecule has 3 rings (SSSR count). The molecule has 8 nitrogen and oxygen atoms in total. The van der Waals surface area contributed by atoms with E-state index in [1.54, 1.807) is 24.3 Å². The van der Waals surface area contributed by atoms with Crippen LogP contribution >= 0.6 is 0 Å². The van der Waals surface area contributed by atoms with E-state index in [-0.39, 0.29) is 16.1 Å². The van der Waals surface area contributed by atoms with Crippen LogP contribution in [0, 0.1) is 11.6 Å². The number of methoxy groups -OCH3 is 1. The molecule has 3 aromatic rings. The number of halogens is 2. The van der Waals surface area contributed by atoms with Gasteiger partial charge in [0.05, 0.1) is 23.3 Å². The van der Waals surface area contributed by atoms with Gasteiger partial charge in [0.1, 0.15) is 17.4 Å². The van der Waals surface area contributed by atoms with Crippen LogP contribution in [0.3, 0.4) is 0 Å².